The zero-order valence-corrected chi connectivity index (χ0v) is 35.7. The van der Waals surface area contributed by atoms with Crippen LogP contribution in [0.2, 0.25) is 0 Å². The van der Waals surface area contributed by atoms with E-state index in [4.69, 9.17) is 42.6 Å². The predicted molar refractivity (Wildman–Crippen MR) is 204 cm³/mol. The molecule has 5 aliphatic rings. The molecule has 29 heteroatoms. The molecule has 0 saturated carbocycles. The van der Waals surface area contributed by atoms with E-state index in [-0.39, 0.29) is 0 Å². The Labute approximate surface area is 374 Å². The molecule has 0 bridgehead atoms. The van der Waals surface area contributed by atoms with Crippen LogP contribution in [0.3, 0.4) is 0 Å². The molecule has 0 unspecified atom stereocenters. The van der Waals surface area contributed by atoms with Crippen molar-refractivity contribution in [3.63, 3.8) is 0 Å². The summed E-state index contributed by atoms with van der Waals surface area (Å²) in [6, 6.07) is -3.35. The van der Waals surface area contributed by atoms with Crippen molar-refractivity contribution in [1.82, 2.24) is 10.6 Å². The van der Waals surface area contributed by atoms with Crippen LogP contribution in [-0.2, 0) is 57.0 Å². The second kappa shape index (κ2) is 22.9. The number of aliphatic carboxylic acids is 1. The van der Waals surface area contributed by atoms with E-state index in [0.717, 1.165) is 13.8 Å². The van der Waals surface area contributed by atoms with Gasteiger partial charge in [-0.15, -0.1) is 0 Å². The van der Waals surface area contributed by atoms with Gasteiger partial charge >= 0.3 is 5.97 Å². The summed E-state index contributed by atoms with van der Waals surface area (Å²) in [5, 5.41) is 164. The van der Waals surface area contributed by atoms with Crippen molar-refractivity contribution >= 4 is 17.8 Å². The van der Waals surface area contributed by atoms with E-state index in [9.17, 15) is 91.0 Å². The maximum Gasteiger partial charge on any atom is 0.364 e. The van der Waals surface area contributed by atoms with Crippen LogP contribution in [0.15, 0.2) is 0 Å². The number of rotatable bonds is 17. The molecule has 5 fully saturated rings. The first kappa shape index (κ1) is 54.4. The van der Waals surface area contributed by atoms with E-state index in [2.05, 4.69) is 10.6 Å². The topological polar surface area (TPSA) is 462 Å². The third-order valence-electron chi connectivity index (χ3n) is 11.9. The molecule has 29 nitrogen and oxygen atoms in total. The number of hydrogen-bond donors (Lipinski definition) is 17. The molecular weight excluding hydrogens is 904 g/mol. The van der Waals surface area contributed by atoms with Crippen LogP contribution in [0.25, 0.3) is 0 Å². The summed E-state index contributed by atoms with van der Waals surface area (Å²) in [5.74, 6) is -6.61. The number of aliphatic hydroxyl groups is 14. The molecule has 5 aliphatic heterocycles. The summed E-state index contributed by atoms with van der Waals surface area (Å²) < 4.78 is 52.2. The molecule has 0 spiro atoms. The Morgan fingerprint density at radius 1 is 0.667 bits per heavy atom. The Balaban J connectivity index is 1.52. The SMILES string of the molecule is CC(=O)N[C@@H]1[C@H](O[C@@H]2[C@@H](O)[C@H](O)O[C@H](CO)[C@@H]2O)O[C@H](CO)[C@@H](O[C@@H]2O[C@H](CO)C[C@H](O[C@]3(C(=O)O)C[C@H](O)[C@@H](NC(C)=O)[C@H]([C@H](O)[C@H](O)CO)O3)[C@H]2O)[C@@H]1O[C@@H]1O[C@@H](C)[C@@H](O)[C@@H](O)[C@@H]1O. The standard InChI is InChI=1S/C37H62N2O27/c1-10-21(48)25(52)26(53)35(58-10)63-30-20(39-12(3)45)33(64-31-23(50)17(8-42)60-32(55)27(31)54)61-18(9-43)28(30)62-34-24(51)16(4-13(6-40)59-34)65-37(36(56)57)5-14(46)19(38-11(2)44)29(66-37)22(49)15(47)7-41/h10,13-35,40-43,46-55H,4-9H2,1-3H3,(H,38,44)(H,39,45)(H,56,57)/t10-,13-,14-,15+,16-,17+,18+,19+,20-,21+,22+,23-,24+,25+,26-,27+,28+,29+,30+,31-,32+,33-,34-,35-,37+/m0/s1. The number of nitrogens with one attached hydrogen (secondary N) is 2. The van der Waals surface area contributed by atoms with Crippen LogP contribution in [0.5, 0.6) is 0 Å². The fourth-order valence-corrected chi connectivity index (χ4v) is 8.44. The monoisotopic (exact) mass is 966 g/mol. The number of carboxylic acid groups (broad SMARTS) is 1. The molecule has 0 radical (unpaired) electrons. The molecule has 2 amide bonds. The first-order chi connectivity index (χ1) is 31.0. The van der Waals surface area contributed by atoms with E-state index >= 15 is 0 Å². The van der Waals surface area contributed by atoms with Crippen LogP contribution in [0.1, 0.15) is 33.6 Å². The van der Waals surface area contributed by atoms with Crippen molar-refractivity contribution in [3.8, 4) is 0 Å². The van der Waals surface area contributed by atoms with E-state index in [1.165, 1.54) is 6.92 Å². The van der Waals surface area contributed by atoms with E-state index in [1.54, 1.807) is 0 Å². The molecule has 25 atom stereocenters. The summed E-state index contributed by atoms with van der Waals surface area (Å²) in [5.41, 5.74) is 0. The van der Waals surface area contributed by atoms with Gasteiger partial charge in [-0.2, -0.15) is 0 Å². The van der Waals surface area contributed by atoms with Gasteiger partial charge in [0, 0.05) is 26.7 Å². The zero-order valence-electron chi connectivity index (χ0n) is 35.7. The number of amides is 2. The summed E-state index contributed by atoms with van der Waals surface area (Å²) in [6.07, 6.45) is -42.6. The van der Waals surface area contributed by atoms with Crippen molar-refractivity contribution in [2.24, 2.45) is 0 Å². The molecule has 17 N–H and O–H groups in total. The lowest BCUT2D eigenvalue weighted by molar-refractivity contribution is -0.388. The summed E-state index contributed by atoms with van der Waals surface area (Å²) in [6.45, 7) is -0.556. The molecule has 0 aromatic rings. The number of carboxylic acids is 1. The average Bonchev–Trinajstić information content (AvgIpc) is 3.27. The van der Waals surface area contributed by atoms with E-state index in [0.29, 0.717) is 0 Å². The number of ether oxygens (including phenoxy) is 9. The minimum atomic E-state index is -3.02. The predicted octanol–water partition coefficient (Wildman–Crippen LogP) is -10.4. The van der Waals surface area contributed by atoms with Gasteiger partial charge in [0.15, 0.2) is 25.2 Å². The molecule has 5 rings (SSSR count). The lowest BCUT2D eigenvalue weighted by Crippen LogP contribution is -2.71. The first-order valence-electron chi connectivity index (χ1n) is 21.0. The highest BCUT2D eigenvalue weighted by Crippen LogP contribution is 2.39. The molecule has 5 saturated heterocycles. The number of carbonyl (C=O) groups is 3. The Morgan fingerprint density at radius 3 is 1.83 bits per heavy atom. The van der Waals surface area contributed by atoms with Gasteiger partial charge in [-0.25, -0.2) is 4.79 Å². The van der Waals surface area contributed by atoms with Gasteiger partial charge in [-0.05, 0) is 6.92 Å². The lowest BCUT2D eigenvalue weighted by Gasteiger charge is -2.51. The highest BCUT2D eigenvalue weighted by Gasteiger charge is 2.60. The quantitative estimate of drug-likeness (QED) is 0.0643. The fourth-order valence-electron chi connectivity index (χ4n) is 8.44. The van der Waals surface area contributed by atoms with Crippen LogP contribution in [0.4, 0.5) is 0 Å². The Bertz CT molecular complexity index is 1610. The van der Waals surface area contributed by atoms with Crippen molar-refractivity contribution < 1.29 is 134 Å². The Kier molecular flexibility index (Phi) is 18.9. The summed E-state index contributed by atoms with van der Waals surface area (Å²) in [7, 11) is 0. The highest BCUT2D eigenvalue weighted by molar-refractivity contribution is 5.76. The number of hydrogen-bond acceptors (Lipinski definition) is 26. The highest BCUT2D eigenvalue weighted by atomic mass is 16.8. The lowest BCUT2D eigenvalue weighted by atomic mass is 9.88. The molecule has 66 heavy (non-hydrogen) atoms. The largest absolute Gasteiger partial charge is 0.477 e. The Hall–Kier alpha value is -2.51. The smallest absolute Gasteiger partial charge is 0.364 e. The number of aliphatic hydroxyl groups excluding tert-OH is 14. The van der Waals surface area contributed by atoms with Crippen molar-refractivity contribution in [2.45, 2.75) is 187 Å². The molecule has 0 aliphatic carbocycles. The van der Waals surface area contributed by atoms with Crippen LogP contribution in [0, 0.1) is 0 Å². The molecule has 382 valence electrons. The van der Waals surface area contributed by atoms with Gasteiger partial charge in [-0.1, -0.05) is 0 Å². The maximum atomic E-state index is 13.0. The second-order valence-corrected chi connectivity index (χ2v) is 16.7. The fraction of sp³-hybridized carbons (Fsp3) is 0.919. The minimum absolute atomic E-state index is 0.542. The van der Waals surface area contributed by atoms with Crippen molar-refractivity contribution in [3.05, 3.63) is 0 Å². The minimum Gasteiger partial charge on any atom is -0.477 e. The first-order valence-corrected chi connectivity index (χ1v) is 21.0. The van der Waals surface area contributed by atoms with Gasteiger partial charge in [0.25, 0.3) is 5.79 Å². The zero-order chi connectivity index (χ0) is 49.1. The van der Waals surface area contributed by atoms with Gasteiger partial charge < -0.3 is 130 Å². The normalized spacial score (nSPS) is 46.5. The third-order valence-corrected chi connectivity index (χ3v) is 11.9. The van der Waals surface area contributed by atoms with Crippen LogP contribution < -0.4 is 10.6 Å². The van der Waals surface area contributed by atoms with Gasteiger partial charge in [-0.3, -0.25) is 9.59 Å². The van der Waals surface area contributed by atoms with Crippen molar-refractivity contribution in [1.29, 1.82) is 0 Å². The summed E-state index contributed by atoms with van der Waals surface area (Å²) >= 11 is 0. The maximum absolute atomic E-state index is 13.0. The van der Waals surface area contributed by atoms with Gasteiger partial charge in [0.1, 0.15) is 91.5 Å². The summed E-state index contributed by atoms with van der Waals surface area (Å²) in [4.78, 5) is 37.9. The second-order valence-electron chi connectivity index (χ2n) is 16.7. The third kappa shape index (κ3) is 11.7. The van der Waals surface area contributed by atoms with Gasteiger partial charge in [0.05, 0.1) is 56.9 Å². The Morgan fingerprint density at radius 2 is 1.26 bits per heavy atom. The van der Waals surface area contributed by atoms with E-state index in [1.807, 2.05) is 0 Å². The van der Waals surface area contributed by atoms with Crippen LogP contribution in [-0.4, -0.2) is 274 Å². The van der Waals surface area contributed by atoms with Crippen molar-refractivity contribution in [2.75, 3.05) is 26.4 Å². The van der Waals surface area contributed by atoms with Crippen LogP contribution >= 0.6 is 0 Å². The van der Waals surface area contributed by atoms with E-state index < -0.39 is 210 Å². The molecule has 0 aromatic carbocycles. The van der Waals surface area contributed by atoms with Gasteiger partial charge in [0.2, 0.25) is 11.8 Å². The number of carbonyl (C=O) groups excluding carboxylic acids is 2. The molecule has 5 heterocycles. The molecular formula is C37H62N2O27. The average molecular weight is 967 g/mol. The molecule has 0 aromatic heterocycles.